The van der Waals surface area contributed by atoms with Crippen LogP contribution in [0.25, 0.3) is 0 Å². The maximum absolute atomic E-state index is 13.6. The number of urea groups is 1. The number of carbonyl (C=O) groups is 1. The lowest BCUT2D eigenvalue weighted by molar-refractivity contribution is 0.0214. The van der Waals surface area contributed by atoms with Crippen molar-refractivity contribution in [3.8, 4) is 5.75 Å². The third-order valence-electron chi connectivity index (χ3n) is 7.81. The van der Waals surface area contributed by atoms with Gasteiger partial charge in [-0.05, 0) is 69.0 Å². The van der Waals surface area contributed by atoms with E-state index in [9.17, 15) is 4.79 Å². The molecule has 0 radical (unpaired) electrons. The van der Waals surface area contributed by atoms with Crippen LogP contribution in [0.1, 0.15) is 50.7 Å². The summed E-state index contributed by atoms with van der Waals surface area (Å²) in [6.07, 6.45) is 4.17. The van der Waals surface area contributed by atoms with Crippen LogP contribution in [0.3, 0.4) is 0 Å². The summed E-state index contributed by atoms with van der Waals surface area (Å²) in [6, 6.07) is 19.2. The molecule has 0 N–H and O–H groups in total. The lowest BCUT2D eigenvalue weighted by Gasteiger charge is -2.51. The van der Waals surface area contributed by atoms with Gasteiger partial charge in [0.1, 0.15) is 5.75 Å². The molecule has 0 unspecified atom stereocenters. The van der Waals surface area contributed by atoms with Gasteiger partial charge in [0.05, 0.1) is 12.6 Å². The van der Waals surface area contributed by atoms with E-state index in [0.29, 0.717) is 12.5 Å². The number of hydrogen-bond acceptors (Lipinski definition) is 3. The van der Waals surface area contributed by atoms with E-state index in [1.165, 1.54) is 5.56 Å². The molecular weight excluding hydrogens is 410 g/mol. The summed E-state index contributed by atoms with van der Waals surface area (Å²) in [5.74, 6) is 1.29. The summed E-state index contributed by atoms with van der Waals surface area (Å²) < 4.78 is 5.29. The molecule has 2 aliphatic rings. The molecule has 5 nitrogen and oxygen atoms in total. The van der Waals surface area contributed by atoms with Gasteiger partial charge in [-0.1, -0.05) is 56.3 Å². The molecule has 178 valence electrons. The summed E-state index contributed by atoms with van der Waals surface area (Å²) in [5, 5.41) is 0. The predicted molar refractivity (Wildman–Crippen MR) is 133 cm³/mol. The summed E-state index contributed by atoms with van der Waals surface area (Å²) in [6.45, 7) is 6.70. The van der Waals surface area contributed by atoms with Gasteiger partial charge in [0.2, 0.25) is 0 Å². The van der Waals surface area contributed by atoms with Crippen molar-refractivity contribution in [2.24, 2.45) is 5.92 Å². The third kappa shape index (κ3) is 4.48. The third-order valence-corrected chi connectivity index (χ3v) is 7.81. The Balaban J connectivity index is 1.57. The SMILES string of the molecule is COc1ccc(CN2C[C@]3(CC[C@@](c4ccccc4)(N(C)C)CC3)N(CC(C)C)C2=O)cc1. The fourth-order valence-electron chi connectivity index (χ4n) is 5.89. The fraction of sp³-hybridized carbons (Fsp3) is 0.536. The van der Waals surface area contributed by atoms with E-state index in [2.05, 4.69) is 85.1 Å². The number of nitrogens with zero attached hydrogens (tertiary/aromatic N) is 3. The Hall–Kier alpha value is -2.53. The fourth-order valence-corrected chi connectivity index (χ4v) is 5.89. The zero-order valence-corrected chi connectivity index (χ0v) is 20.9. The van der Waals surface area contributed by atoms with E-state index in [-0.39, 0.29) is 17.1 Å². The second kappa shape index (κ2) is 9.38. The number of carbonyl (C=O) groups excluding carboxylic acids is 1. The van der Waals surface area contributed by atoms with E-state index in [1.54, 1.807) is 7.11 Å². The maximum Gasteiger partial charge on any atom is 0.320 e. The molecule has 0 atom stereocenters. The van der Waals surface area contributed by atoms with Crippen molar-refractivity contribution < 1.29 is 9.53 Å². The molecule has 1 saturated carbocycles. The predicted octanol–water partition coefficient (Wildman–Crippen LogP) is 5.36. The van der Waals surface area contributed by atoms with E-state index < -0.39 is 0 Å². The van der Waals surface area contributed by atoms with Crippen molar-refractivity contribution in [1.29, 1.82) is 0 Å². The van der Waals surface area contributed by atoms with Crippen molar-refractivity contribution in [3.63, 3.8) is 0 Å². The standard InChI is InChI=1S/C28H39N3O2/c1-22(2)19-31-26(32)30(20-23-11-13-25(33-5)14-12-23)21-27(31)15-17-28(18-16-27,29(3)4)24-9-7-6-8-10-24/h6-14,22H,15-21H2,1-5H3/t27-,28-. The first kappa shape index (κ1) is 23.6. The Labute approximate surface area is 199 Å². The molecule has 5 heteroatoms. The average Bonchev–Trinajstić information content (AvgIpc) is 3.05. The molecule has 0 bridgehead atoms. The lowest BCUT2D eigenvalue weighted by atomic mass is 9.68. The minimum absolute atomic E-state index is 0.0302. The summed E-state index contributed by atoms with van der Waals surface area (Å²) >= 11 is 0. The second-order valence-corrected chi connectivity index (χ2v) is 10.5. The van der Waals surface area contributed by atoms with Crippen LogP contribution in [0.2, 0.25) is 0 Å². The van der Waals surface area contributed by atoms with Gasteiger partial charge >= 0.3 is 6.03 Å². The summed E-state index contributed by atoms with van der Waals surface area (Å²) in [5.41, 5.74) is 2.48. The van der Waals surface area contributed by atoms with Gasteiger partial charge in [-0.2, -0.15) is 0 Å². The van der Waals surface area contributed by atoms with Crippen LogP contribution in [-0.4, -0.2) is 60.6 Å². The van der Waals surface area contributed by atoms with Crippen LogP contribution in [-0.2, 0) is 12.1 Å². The molecule has 2 aromatic carbocycles. The molecule has 33 heavy (non-hydrogen) atoms. The Morgan fingerprint density at radius 2 is 1.61 bits per heavy atom. The second-order valence-electron chi connectivity index (χ2n) is 10.5. The number of benzene rings is 2. The van der Waals surface area contributed by atoms with E-state index in [4.69, 9.17) is 4.74 Å². The molecule has 0 aromatic heterocycles. The Kier molecular flexibility index (Phi) is 6.71. The van der Waals surface area contributed by atoms with E-state index >= 15 is 0 Å². The number of ether oxygens (including phenoxy) is 1. The summed E-state index contributed by atoms with van der Waals surface area (Å²) in [4.78, 5) is 20.3. The van der Waals surface area contributed by atoms with Crippen molar-refractivity contribution in [2.45, 2.75) is 57.2 Å². The van der Waals surface area contributed by atoms with Crippen LogP contribution in [0, 0.1) is 5.92 Å². The normalized spacial score (nSPS) is 25.5. The highest BCUT2D eigenvalue weighted by molar-refractivity contribution is 5.78. The first-order valence-electron chi connectivity index (χ1n) is 12.2. The first-order valence-corrected chi connectivity index (χ1v) is 12.2. The number of hydrogen-bond donors (Lipinski definition) is 0. The molecule has 2 aromatic rings. The molecule has 1 aliphatic heterocycles. The van der Waals surface area contributed by atoms with Crippen LogP contribution in [0.4, 0.5) is 4.79 Å². The highest BCUT2D eigenvalue weighted by atomic mass is 16.5. The largest absolute Gasteiger partial charge is 0.497 e. The van der Waals surface area contributed by atoms with Crippen LogP contribution in [0.5, 0.6) is 5.75 Å². The molecule has 4 rings (SSSR count). The van der Waals surface area contributed by atoms with Crippen LogP contribution < -0.4 is 4.74 Å². The quantitative estimate of drug-likeness (QED) is 0.571. The first-order chi connectivity index (χ1) is 15.8. The van der Waals surface area contributed by atoms with Crippen molar-refractivity contribution in [1.82, 2.24) is 14.7 Å². The average molecular weight is 450 g/mol. The molecule has 1 heterocycles. The number of rotatable bonds is 7. The summed E-state index contributed by atoms with van der Waals surface area (Å²) in [7, 11) is 6.08. The lowest BCUT2D eigenvalue weighted by Crippen LogP contribution is -2.56. The van der Waals surface area contributed by atoms with Gasteiger partial charge < -0.3 is 14.5 Å². The monoisotopic (exact) mass is 449 g/mol. The van der Waals surface area contributed by atoms with E-state index in [0.717, 1.165) is 50.1 Å². The molecular formula is C28H39N3O2. The van der Waals surface area contributed by atoms with E-state index in [1.807, 2.05) is 12.1 Å². The minimum atomic E-state index is -0.0812. The number of methoxy groups -OCH3 is 1. The number of amides is 2. The van der Waals surface area contributed by atoms with Crippen molar-refractivity contribution in [3.05, 3.63) is 65.7 Å². The van der Waals surface area contributed by atoms with Crippen molar-refractivity contribution in [2.75, 3.05) is 34.3 Å². The molecule has 1 spiro atoms. The van der Waals surface area contributed by atoms with Crippen LogP contribution in [0.15, 0.2) is 54.6 Å². The minimum Gasteiger partial charge on any atom is -0.497 e. The van der Waals surface area contributed by atoms with Gasteiger partial charge in [0, 0.05) is 25.2 Å². The van der Waals surface area contributed by atoms with Crippen LogP contribution >= 0.6 is 0 Å². The Morgan fingerprint density at radius 1 is 0.970 bits per heavy atom. The highest BCUT2D eigenvalue weighted by Gasteiger charge is 2.54. The Morgan fingerprint density at radius 3 is 2.15 bits per heavy atom. The Bertz CT molecular complexity index is 931. The van der Waals surface area contributed by atoms with Gasteiger partial charge in [0.15, 0.2) is 0 Å². The van der Waals surface area contributed by atoms with Crippen molar-refractivity contribution >= 4 is 6.03 Å². The molecule has 2 amide bonds. The topological polar surface area (TPSA) is 36.0 Å². The molecule has 1 saturated heterocycles. The molecule has 2 fully saturated rings. The zero-order valence-electron chi connectivity index (χ0n) is 20.9. The van der Waals surface area contributed by atoms with Gasteiger partial charge in [0.25, 0.3) is 0 Å². The maximum atomic E-state index is 13.6. The molecule has 1 aliphatic carbocycles. The van der Waals surface area contributed by atoms with Gasteiger partial charge in [-0.3, -0.25) is 4.90 Å². The zero-order chi connectivity index (χ0) is 23.6. The highest BCUT2D eigenvalue weighted by Crippen LogP contribution is 2.49. The van der Waals surface area contributed by atoms with Gasteiger partial charge in [-0.25, -0.2) is 4.79 Å². The smallest absolute Gasteiger partial charge is 0.320 e. The van der Waals surface area contributed by atoms with Gasteiger partial charge in [-0.15, -0.1) is 0 Å².